The summed E-state index contributed by atoms with van der Waals surface area (Å²) in [5.74, 6) is 0. The lowest BCUT2D eigenvalue weighted by Gasteiger charge is -2.36. The van der Waals surface area contributed by atoms with E-state index in [2.05, 4.69) is 46.9 Å². The minimum absolute atomic E-state index is 0.276. The normalized spacial score (nSPS) is 12.8. The molecule has 1 nitrogen and oxygen atoms in total. The average Bonchev–Trinajstić information content (AvgIpc) is 1.80. The minimum atomic E-state index is 0.276. The smallest absolute Gasteiger partial charge is 0.0587 e. The molecule has 0 saturated carbocycles. The Morgan fingerprint density at radius 1 is 0.923 bits per heavy atom. The second-order valence-electron chi connectivity index (χ2n) is 5.75. The van der Waals surface area contributed by atoms with Crippen LogP contribution in [0.25, 0.3) is 0 Å². The van der Waals surface area contributed by atoms with Crippen LogP contribution in [-0.4, -0.2) is 17.3 Å². The van der Waals surface area contributed by atoms with Crippen LogP contribution in [0, 0.1) is 10.8 Å². The topological polar surface area (TPSA) is 12.0 Å². The molecule has 0 unspecified atom stereocenters. The molecule has 0 aromatic rings. The zero-order valence-electron chi connectivity index (χ0n) is 10.5. The molecule has 0 rings (SSSR count). The van der Waals surface area contributed by atoms with E-state index in [1.54, 1.807) is 5.57 Å². The average molecular weight is 199 g/mol. The van der Waals surface area contributed by atoms with Crippen LogP contribution in [0.15, 0.2) is 10.9 Å². The fourth-order valence-electron chi connectivity index (χ4n) is 2.38. The van der Waals surface area contributed by atoms with Crippen LogP contribution in [0.2, 0.25) is 0 Å². The molecule has 0 aliphatic carbocycles. The summed E-state index contributed by atoms with van der Waals surface area (Å²) in [6, 6.07) is 0. The molecule has 0 radical (unpaired) electrons. The third-order valence-electron chi connectivity index (χ3n) is 2.25. The number of rotatable bonds is 1. The fourth-order valence-corrected chi connectivity index (χ4v) is 3.88. The summed E-state index contributed by atoms with van der Waals surface area (Å²) in [6.45, 7) is 13.8. The van der Waals surface area contributed by atoms with Crippen molar-refractivity contribution in [3.63, 3.8) is 0 Å². The zero-order chi connectivity index (χ0) is 10.9. The molecule has 0 aromatic carbocycles. The van der Waals surface area contributed by atoms with Crippen LogP contribution < -0.4 is 5.32 Å². The van der Waals surface area contributed by atoms with Gasteiger partial charge >= 0.3 is 0 Å². The Labute approximate surface area is 86.4 Å². The largest absolute Gasteiger partial charge is 0.396 e. The van der Waals surface area contributed by atoms with Crippen molar-refractivity contribution in [3.8, 4) is 0 Å². The van der Waals surface area contributed by atoms with Crippen molar-refractivity contribution in [1.29, 1.82) is 0 Å². The van der Waals surface area contributed by atoms with Gasteiger partial charge in [0.15, 0.2) is 0 Å². The predicted molar refractivity (Wildman–Crippen MR) is 64.9 cm³/mol. The van der Waals surface area contributed by atoms with Crippen molar-refractivity contribution < 1.29 is 0 Å². The molecule has 0 fully saturated rings. The van der Waals surface area contributed by atoms with E-state index in [1.807, 2.05) is 7.05 Å². The first-order chi connectivity index (χ1) is 5.60. The third kappa shape index (κ3) is 3.55. The Morgan fingerprint density at radius 3 is 1.31 bits per heavy atom. The van der Waals surface area contributed by atoms with E-state index in [0.717, 1.165) is 10.2 Å². The van der Waals surface area contributed by atoms with Gasteiger partial charge in [-0.3, -0.25) is 0 Å². The lowest BCUT2D eigenvalue weighted by Crippen LogP contribution is -2.28. The lowest BCUT2D eigenvalue weighted by atomic mass is 9.72. The number of hydrogen-bond acceptors (Lipinski definition) is 1. The van der Waals surface area contributed by atoms with E-state index in [9.17, 15) is 0 Å². The summed E-state index contributed by atoms with van der Waals surface area (Å²) in [7, 11) is 3.13. The van der Waals surface area contributed by atoms with Crippen LogP contribution in [0.1, 0.15) is 41.5 Å². The Bertz CT molecular complexity index is 187. The maximum absolute atomic E-state index is 3.32. The molecule has 0 amide bonds. The molecule has 0 atom stereocenters. The van der Waals surface area contributed by atoms with Crippen LogP contribution in [0.3, 0.4) is 0 Å². The second-order valence-corrected chi connectivity index (χ2v) is 6.75. The first kappa shape index (κ1) is 12.8. The van der Waals surface area contributed by atoms with Crippen molar-refractivity contribution in [1.82, 2.24) is 5.32 Å². The van der Waals surface area contributed by atoms with Crippen molar-refractivity contribution >= 4 is 10.2 Å². The Balaban J connectivity index is 5.25. The van der Waals surface area contributed by atoms with Gasteiger partial charge in [-0.15, -0.1) is 0 Å². The van der Waals surface area contributed by atoms with Crippen molar-refractivity contribution in [2.24, 2.45) is 10.8 Å². The monoisotopic (exact) mass is 199 g/mol. The zero-order valence-corrected chi connectivity index (χ0v) is 12.5. The number of nitrogens with one attached hydrogen (secondary N) is 1. The van der Waals surface area contributed by atoms with E-state index >= 15 is 0 Å². The molecule has 1 N–H and O–H groups in total. The summed E-state index contributed by atoms with van der Waals surface area (Å²) < 4.78 is 0. The van der Waals surface area contributed by atoms with Gasteiger partial charge in [0.25, 0.3) is 0 Å². The third-order valence-corrected chi connectivity index (χ3v) is 3.25. The molecule has 13 heavy (non-hydrogen) atoms. The van der Waals surface area contributed by atoms with Gasteiger partial charge in [-0.25, -0.2) is 0 Å². The Morgan fingerprint density at radius 2 is 1.23 bits per heavy atom. The highest BCUT2D eigenvalue weighted by molar-refractivity contribution is 6.21. The second kappa shape index (κ2) is 3.87. The molecule has 0 saturated heterocycles. The summed E-state index contributed by atoms with van der Waals surface area (Å²) in [5.41, 5.74) is 2.12. The van der Waals surface area contributed by atoms with Crippen LogP contribution >= 0.6 is 0 Å². The van der Waals surface area contributed by atoms with Gasteiger partial charge in [0.05, 0.1) is 10.2 Å². The quantitative estimate of drug-likeness (QED) is 0.636. The van der Waals surface area contributed by atoms with Crippen molar-refractivity contribution in [3.05, 3.63) is 10.9 Å². The molecule has 0 spiro atoms. The lowest BCUT2D eigenvalue weighted by molar-refractivity contribution is 0.357. The molecule has 0 aliphatic heterocycles. The molecule has 0 heterocycles. The van der Waals surface area contributed by atoms with Crippen LogP contribution in [0.4, 0.5) is 0 Å². The maximum atomic E-state index is 3.32. The maximum Gasteiger partial charge on any atom is 0.0587 e. The van der Waals surface area contributed by atoms with Crippen LogP contribution in [0.5, 0.6) is 0 Å². The van der Waals surface area contributed by atoms with E-state index in [0.29, 0.717) is 0 Å². The first-order valence-corrected chi connectivity index (χ1v) is 6.00. The summed E-state index contributed by atoms with van der Waals surface area (Å²) in [5, 5.41) is 4.76. The highest BCUT2D eigenvalue weighted by Crippen LogP contribution is 2.39. The Kier molecular flexibility index (Phi) is 3.79. The summed E-state index contributed by atoms with van der Waals surface area (Å²) >= 11 is 0. The molecular formula is C11H25NSi. The fraction of sp³-hybridized carbons (Fsp3) is 0.818. The summed E-state index contributed by atoms with van der Waals surface area (Å²) in [6.07, 6.45) is 0. The van der Waals surface area contributed by atoms with Crippen LogP contribution in [-0.2, 0) is 0 Å². The van der Waals surface area contributed by atoms with E-state index in [-0.39, 0.29) is 10.8 Å². The van der Waals surface area contributed by atoms with E-state index < -0.39 is 0 Å². The predicted octanol–water partition coefficient (Wildman–Crippen LogP) is 1.88. The molecule has 0 aromatic heterocycles. The number of allylic oxidation sites excluding steroid dienone is 1. The molecule has 0 aliphatic rings. The highest BCUT2D eigenvalue weighted by Gasteiger charge is 2.29. The van der Waals surface area contributed by atoms with Gasteiger partial charge in [0.1, 0.15) is 0 Å². The van der Waals surface area contributed by atoms with Gasteiger partial charge in [-0.1, -0.05) is 41.5 Å². The van der Waals surface area contributed by atoms with Gasteiger partial charge in [0.2, 0.25) is 0 Å². The minimum Gasteiger partial charge on any atom is -0.396 e. The van der Waals surface area contributed by atoms with Gasteiger partial charge in [-0.05, 0) is 21.7 Å². The van der Waals surface area contributed by atoms with Gasteiger partial charge < -0.3 is 5.32 Å². The molecule has 0 bridgehead atoms. The standard InChI is InChI=1S/C11H25NSi/c1-10(2,3)8(9(13)12-7)11(4,5)6/h12H,1-7,13H3. The van der Waals surface area contributed by atoms with Crippen molar-refractivity contribution in [2.75, 3.05) is 7.05 Å². The van der Waals surface area contributed by atoms with Gasteiger partial charge in [0, 0.05) is 7.05 Å². The Hall–Kier alpha value is -0.243. The SMILES string of the molecule is CNC([SiH3])=C(C(C)(C)C)C(C)(C)C. The number of hydrogen-bond donors (Lipinski definition) is 1. The molecular weight excluding hydrogens is 174 g/mol. The van der Waals surface area contributed by atoms with E-state index in [1.165, 1.54) is 5.32 Å². The van der Waals surface area contributed by atoms with E-state index in [4.69, 9.17) is 0 Å². The van der Waals surface area contributed by atoms with Crippen molar-refractivity contribution in [2.45, 2.75) is 41.5 Å². The molecule has 2 heteroatoms. The van der Waals surface area contributed by atoms with Gasteiger partial charge in [-0.2, -0.15) is 0 Å². The summed E-state index contributed by atoms with van der Waals surface area (Å²) in [4.78, 5) is 0. The highest BCUT2D eigenvalue weighted by atomic mass is 28.1. The first-order valence-electron chi connectivity index (χ1n) is 5.00. The molecule has 78 valence electrons.